The third-order valence-electron chi connectivity index (χ3n) is 4.97. The second-order valence-electron chi connectivity index (χ2n) is 7.17. The third kappa shape index (κ3) is 6.17. The number of carbonyl (C=O) groups is 1. The van der Waals surface area contributed by atoms with Gasteiger partial charge in [-0.3, -0.25) is 4.79 Å². The summed E-state index contributed by atoms with van der Waals surface area (Å²) in [7, 11) is 4.04. The van der Waals surface area contributed by atoms with Crippen LogP contribution in [-0.2, 0) is 0 Å². The molecule has 1 amide bonds. The molecule has 1 aromatic carbocycles. The first-order chi connectivity index (χ1) is 12.5. The Labute approximate surface area is 179 Å². The number of hydrogen-bond acceptors (Lipinski definition) is 5. The number of halogens is 2. The summed E-state index contributed by atoms with van der Waals surface area (Å²) >= 11 is 0. The molecule has 0 bridgehead atoms. The summed E-state index contributed by atoms with van der Waals surface area (Å²) in [5.74, 6) is -0.177. The van der Waals surface area contributed by atoms with Gasteiger partial charge in [-0.05, 0) is 52.5 Å². The molecular formula is C19H30Cl2N6O. The number of amides is 1. The number of piperidine rings is 1. The van der Waals surface area contributed by atoms with E-state index in [4.69, 9.17) is 0 Å². The average molecular weight is 429 g/mol. The maximum atomic E-state index is 12.5. The largest absolute Gasteiger partial charge is 0.349 e. The van der Waals surface area contributed by atoms with Crippen molar-refractivity contribution in [3.8, 4) is 0 Å². The number of benzene rings is 1. The Hall–Kier alpha value is -1.67. The predicted octanol–water partition coefficient (Wildman–Crippen LogP) is 2.39. The molecule has 7 nitrogen and oxygen atoms in total. The van der Waals surface area contributed by atoms with Gasteiger partial charge in [-0.1, -0.05) is 35.0 Å². The van der Waals surface area contributed by atoms with E-state index in [1.54, 1.807) is 6.20 Å². The van der Waals surface area contributed by atoms with E-state index < -0.39 is 0 Å². The van der Waals surface area contributed by atoms with Crippen molar-refractivity contribution in [1.82, 2.24) is 30.5 Å². The second-order valence-corrected chi connectivity index (χ2v) is 7.17. The van der Waals surface area contributed by atoms with Crippen LogP contribution in [0.25, 0.3) is 0 Å². The molecule has 28 heavy (non-hydrogen) atoms. The highest BCUT2D eigenvalue weighted by atomic mass is 35.5. The molecule has 0 radical (unpaired) electrons. The molecule has 2 N–H and O–H groups in total. The number of nitrogens with zero attached hydrogens (tertiary/aromatic N) is 4. The maximum absolute atomic E-state index is 12.5. The van der Waals surface area contributed by atoms with Gasteiger partial charge >= 0.3 is 0 Å². The van der Waals surface area contributed by atoms with Crippen molar-refractivity contribution in [3.05, 3.63) is 47.3 Å². The van der Waals surface area contributed by atoms with Gasteiger partial charge in [0.05, 0.1) is 18.3 Å². The molecule has 1 saturated heterocycles. The van der Waals surface area contributed by atoms with E-state index in [0.29, 0.717) is 18.3 Å². The highest BCUT2D eigenvalue weighted by Crippen LogP contribution is 2.19. The Bertz CT molecular complexity index is 728. The fourth-order valence-corrected chi connectivity index (χ4v) is 3.30. The molecule has 1 aromatic heterocycles. The van der Waals surface area contributed by atoms with Gasteiger partial charge in [-0.15, -0.1) is 29.9 Å². The van der Waals surface area contributed by atoms with E-state index in [2.05, 4.69) is 57.0 Å². The van der Waals surface area contributed by atoms with Crippen molar-refractivity contribution < 1.29 is 4.79 Å². The molecule has 0 aliphatic carbocycles. The molecule has 1 unspecified atom stereocenters. The Morgan fingerprint density at radius 2 is 1.89 bits per heavy atom. The van der Waals surface area contributed by atoms with Gasteiger partial charge in [0.1, 0.15) is 0 Å². The van der Waals surface area contributed by atoms with Crippen LogP contribution in [0.4, 0.5) is 0 Å². The number of rotatable bonds is 6. The van der Waals surface area contributed by atoms with E-state index >= 15 is 0 Å². The van der Waals surface area contributed by atoms with Crippen LogP contribution in [0.5, 0.6) is 0 Å². The molecule has 2 aromatic rings. The van der Waals surface area contributed by atoms with Crippen LogP contribution in [0.15, 0.2) is 30.5 Å². The zero-order valence-corrected chi connectivity index (χ0v) is 18.2. The van der Waals surface area contributed by atoms with Crippen LogP contribution in [0, 0.1) is 6.92 Å². The zero-order chi connectivity index (χ0) is 18.5. The Kier molecular flexibility index (Phi) is 9.89. The van der Waals surface area contributed by atoms with Crippen molar-refractivity contribution >= 4 is 30.7 Å². The zero-order valence-electron chi connectivity index (χ0n) is 16.6. The van der Waals surface area contributed by atoms with Crippen LogP contribution < -0.4 is 10.6 Å². The molecular weight excluding hydrogens is 399 g/mol. The Morgan fingerprint density at radius 3 is 2.50 bits per heavy atom. The van der Waals surface area contributed by atoms with Crippen molar-refractivity contribution in [3.63, 3.8) is 0 Å². The first-order valence-corrected chi connectivity index (χ1v) is 9.18. The van der Waals surface area contributed by atoms with E-state index in [1.807, 2.05) is 18.8 Å². The highest BCUT2D eigenvalue weighted by molar-refractivity contribution is 5.91. The Balaban J connectivity index is 0.00000196. The standard InChI is InChI=1S/C19H28N6O.2ClH/c1-14-4-6-15(7-5-14)18(24(2)3)12-21-19(26)17-13-25(23-22-17)16-8-10-20-11-9-16;;/h4-7,13,16,18,20H,8-12H2,1-3H3,(H,21,26);2*1H. The summed E-state index contributed by atoms with van der Waals surface area (Å²) in [5.41, 5.74) is 2.79. The molecule has 1 aliphatic heterocycles. The SMILES string of the molecule is Cc1ccc(C(CNC(=O)c2cn(C3CCNCC3)nn2)N(C)C)cc1.Cl.Cl. The van der Waals surface area contributed by atoms with E-state index in [1.165, 1.54) is 11.1 Å². The lowest BCUT2D eigenvalue weighted by Crippen LogP contribution is -2.34. The molecule has 1 fully saturated rings. The average Bonchev–Trinajstić information content (AvgIpc) is 3.14. The van der Waals surface area contributed by atoms with Crippen molar-refractivity contribution in [2.75, 3.05) is 33.7 Å². The molecule has 9 heteroatoms. The van der Waals surface area contributed by atoms with Crippen LogP contribution in [0.2, 0.25) is 0 Å². The molecule has 0 saturated carbocycles. The summed E-state index contributed by atoms with van der Waals surface area (Å²) in [6, 6.07) is 8.85. The first kappa shape index (κ1) is 24.4. The van der Waals surface area contributed by atoms with Crippen LogP contribution in [-0.4, -0.2) is 59.5 Å². The minimum absolute atomic E-state index is 0. The quantitative estimate of drug-likeness (QED) is 0.738. The maximum Gasteiger partial charge on any atom is 0.273 e. The first-order valence-electron chi connectivity index (χ1n) is 9.18. The normalized spacial score (nSPS) is 15.4. The topological polar surface area (TPSA) is 75.1 Å². The molecule has 1 atom stereocenters. The van der Waals surface area contributed by atoms with Crippen molar-refractivity contribution in [2.24, 2.45) is 0 Å². The van der Waals surface area contributed by atoms with Gasteiger partial charge in [-0.2, -0.15) is 0 Å². The van der Waals surface area contributed by atoms with Gasteiger partial charge in [0.25, 0.3) is 5.91 Å². The minimum atomic E-state index is -0.177. The van der Waals surface area contributed by atoms with Crippen molar-refractivity contribution in [2.45, 2.75) is 31.8 Å². The number of aryl methyl sites for hydroxylation is 1. The van der Waals surface area contributed by atoms with Gasteiger partial charge < -0.3 is 15.5 Å². The number of nitrogens with one attached hydrogen (secondary N) is 2. The van der Waals surface area contributed by atoms with E-state index in [-0.39, 0.29) is 36.8 Å². The second kappa shape index (κ2) is 11.4. The lowest BCUT2D eigenvalue weighted by molar-refractivity contribution is 0.0937. The highest BCUT2D eigenvalue weighted by Gasteiger charge is 2.20. The molecule has 3 rings (SSSR count). The van der Waals surface area contributed by atoms with E-state index in [0.717, 1.165) is 25.9 Å². The predicted molar refractivity (Wildman–Crippen MR) is 116 cm³/mol. The Morgan fingerprint density at radius 1 is 1.25 bits per heavy atom. The fourth-order valence-electron chi connectivity index (χ4n) is 3.30. The lowest BCUT2D eigenvalue weighted by Gasteiger charge is -2.25. The summed E-state index contributed by atoms with van der Waals surface area (Å²) in [6.45, 7) is 4.55. The van der Waals surface area contributed by atoms with Gasteiger partial charge in [0.15, 0.2) is 5.69 Å². The summed E-state index contributed by atoms with van der Waals surface area (Å²) in [5, 5.41) is 14.6. The van der Waals surface area contributed by atoms with Crippen LogP contribution in [0.3, 0.4) is 0 Å². The summed E-state index contributed by atoms with van der Waals surface area (Å²) < 4.78 is 1.83. The van der Waals surface area contributed by atoms with Gasteiger partial charge in [-0.25, -0.2) is 4.68 Å². The van der Waals surface area contributed by atoms with Gasteiger partial charge in [0.2, 0.25) is 0 Å². The molecule has 156 valence electrons. The smallest absolute Gasteiger partial charge is 0.273 e. The molecule has 1 aliphatic rings. The number of aromatic nitrogens is 3. The van der Waals surface area contributed by atoms with Crippen molar-refractivity contribution in [1.29, 1.82) is 0 Å². The number of likely N-dealkylation sites (N-methyl/N-ethyl adjacent to an activating group) is 1. The minimum Gasteiger partial charge on any atom is -0.349 e. The van der Waals surface area contributed by atoms with Crippen LogP contribution in [0.1, 0.15) is 46.5 Å². The molecule has 0 spiro atoms. The summed E-state index contributed by atoms with van der Waals surface area (Å²) in [6.07, 6.45) is 3.79. The fraction of sp³-hybridized carbons (Fsp3) is 0.526. The summed E-state index contributed by atoms with van der Waals surface area (Å²) in [4.78, 5) is 14.6. The van der Waals surface area contributed by atoms with Crippen LogP contribution >= 0.6 is 24.8 Å². The number of hydrogen-bond donors (Lipinski definition) is 2. The monoisotopic (exact) mass is 428 g/mol. The van der Waals surface area contributed by atoms with E-state index in [9.17, 15) is 4.79 Å². The third-order valence-corrected chi connectivity index (χ3v) is 4.97. The lowest BCUT2D eigenvalue weighted by atomic mass is 10.0. The van der Waals surface area contributed by atoms with Gasteiger partial charge in [0, 0.05) is 6.54 Å². The number of carbonyl (C=O) groups excluding carboxylic acids is 1. The molecule has 2 heterocycles.